The van der Waals surface area contributed by atoms with E-state index in [1.807, 2.05) is 37.3 Å². The first-order chi connectivity index (χ1) is 12.1. The number of hydrogen-bond donors (Lipinski definition) is 1. The Balaban J connectivity index is 2.38. The molecule has 0 fully saturated rings. The smallest absolute Gasteiger partial charge is 0.0991 e. The zero-order chi connectivity index (χ0) is 19.4. The normalized spacial score (nSPS) is 14.9. The number of nitrogens with zero attached hydrogens (tertiary/aromatic N) is 1. The molecule has 0 heterocycles. The average molecular weight is 364 g/mol. The Bertz CT molecular complexity index is 780. The quantitative estimate of drug-likeness (QED) is 0.496. The van der Waals surface area contributed by atoms with Gasteiger partial charge in [0.1, 0.15) is 0 Å². The summed E-state index contributed by atoms with van der Waals surface area (Å²) < 4.78 is 0. The van der Waals surface area contributed by atoms with Gasteiger partial charge in [0, 0.05) is 14.0 Å². The molecule has 0 saturated carbocycles. The van der Waals surface area contributed by atoms with E-state index in [1.165, 1.54) is 5.57 Å². The Hall–Kier alpha value is -2.15. The van der Waals surface area contributed by atoms with Crippen molar-refractivity contribution in [2.24, 2.45) is 0 Å². The fourth-order valence-corrected chi connectivity index (χ4v) is 5.17. The largest absolute Gasteiger partial charge is 0.385 e. The lowest BCUT2D eigenvalue weighted by molar-refractivity contribution is 0.0262. The number of allylic oxidation sites excluding steroid dienone is 1. The van der Waals surface area contributed by atoms with Gasteiger partial charge in [0.2, 0.25) is 0 Å². The maximum absolute atomic E-state index is 11.5. The number of aliphatic hydroxyl groups is 1. The van der Waals surface area contributed by atoms with E-state index in [2.05, 4.69) is 44.4 Å². The second kappa shape index (κ2) is 8.03. The highest BCUT2D eigenvalue weighted by molar-refractivity contribution is 6.76. The van der Waals surface area contributed by atoms with Crippen molar-refractivity contribution in [3.05, 3.63) is 83.4 Å². The van der Waals surface area contributed by atoms with Gasteiger partial charge in [0.15, 0.2) is 0 Å². The number of rotatable bonds is 7. The molecule has 2 rings (SSSR count). The van der Waals surface area contributed by atoms with Crippen LogP contribution in [0.1, 0.15) is 36.0 Å². The maximum Gasteiger partial charge on any atom is 0.0991 e. The summed E-state index contributed by atoms with van der Waals surface area (Å²) in [4.78, 5) is 0. The van der Waals surface area contributed by atoms with Gasteiger partial charge in [0.05, 0.1) is 17.2 Å². The third kappa shape index (κ3) is 5.17. The summed E-state index contributed by atoms with van der Waals surface area (Å²) in [7, 11) is -1.26. The highest BCUT2D eigenvalue weighted by Gasteiger charge is 2.35. The monoisotopic (exact) mass is 363 g/mol. The van der Waals surface area contributed by atoms with Crippen molar-refractivity contribution in [3.63, 3.8) is 0 Å². The summed E-state index contributed by atoms with van der Waals surface area (Å²) in [5, 5.41) is 20.5. The molecule has 2 aromatic carbocycles. The Morgan fingerprint density at radius 3 is 2.19 bits per heavy atom. The summed E-state index contributed by atoms with van der Waals surface area (Å²) in [5.41, 5.74) is 2.69. The van der Waals surface area contributed by atoms with Gasteiger partial charge in [-0.3, -0.25) is 0 Å². The molecule has 136 valence electrons. The average Bonchev–Trinajstić information content (AvgIpc) is 2.59. The van der Waals surface area contributed by atoms with Crippen molar-refractivity contribution in [2.75, 3.05) is 0 Å². The summed E-state index contributed by atoms with van der Waals surface area (Å²) in [6, 6.07) is 20.6. The molecule has 3 heteroatoms. The number of benzene rings is 2. The Labute approximate surface area is 158 Å². The molecule has 0 spiro atoms. The third-order valence-corrected chi connectivity index (χ3v) is 6.31. The van der Waals surface area contributed by atoms with E-state index in [-0.39, 0.29) is 5.92 Å². The molecule has 2 atom stereocenters. The minimum atomic E-state index is -1.26. The van der Waals surface area contributed by atoms with Gasteiger partial charge in [-0.1, -0.05) is 67.7 Å². The molecule has 26 heavy (non-hydrogen) atoms. The third-order valence-electron chi connectivity index (χ3n) is 4.75. The summed E-state index contributed by atoms with van der Waals surface area (Å²) in [5.74, 6) is -0.0829. The van der Waals surface area contributed by atoms with E-state index in [4.69, 9.17) is 5.26 Å². The zero-order valence-corrected chi connectivity index (χ0v) is 17.3. The van der Waals surface area contributed by atoms with Crippen LogP contribution in [0.5, 0.6) is 0 Å². The highest BCUT2D eigenvalue weighted by Crippen LogP contribution is 2.41. The molecule has 0 aliphatic carbocycles. The van der Waals surface area contributed by atoms with Gasteiger partial charge in [-0.05, 0) is 42.6 Å². The van der Waals surface area contributed by atoms with Crippen LogP contribution in [0.15, 0.2) is 66.7 Å². The van der Waals surface area contributed by atoms with Crippen molar-refractivity contribution in [2.45, 2.75) is 50.5 Å². The van der Waals surface area contributed by atoms with E-state index in [0.29, 0.717) is 5.56 Å². The van der Waals surface area contributed by atoms with E-state index >= 15 is 0 Å². The van der Waals surface area contributed by atoms with Crippen LogP contribution in [0, 0.1) is 11.3 Å². The van der Waals surface area contributed by atoms with Gasteiger partial charge in [0.25, 0.3) is 0 Å². The van der Waals surface area contributed by atoms with Crippen molar-refractivity contribution < 1.29 is 5.11 Å². The molecule has 1 N–H and O–H groups in total. The van der Waals surface area contributed by atoms with Crippen LogP contribution in [0.4, 0.5) is 0 Å². The molecular formula is C23H29NOSi. The lowest BCUT2D eigenvalue weighted by Crippen LogP contribution is -2.31. The molecule has 0 aliphatic heterocycles. The first-order valence-electron chi connectivity index (χ1n) is 9.08. The van der Waals surface area contributed by atoms with Crippen LogP contribution < -0.4 is 0 Å². The maximum atomic E-state index is 11.5. The van der Waals surface area contributed by atoms with Gasteiger partial charge < -0.3 is 5.11 Å². The van der Waals surface area contributed by atoms with Crippen LogP contribution >= 0.6 is 0 Å². The van der Waals surface area contributed by atoms with Crippen LogP contribution in [-0.2, 0) is 5.60 Å². The van der Waals surface area contributed by atoms with E-state index in [9.17, 15) is 5.11 Å². The van der Waals surface area contributed by atoms with Crippen LogP contribution in [0.3, 0.4) is 0 Å². The fourth-order valence-electron chi connectivity index (χ4n) is 3.52. The molecule has 0 radical (unpaired) electrons. The van der Waals surface area contributed by atoms with Crippen molar-refractivity contribution >= 4 is 8.07 Å². The first kappa shape index (κ1) is 20.2. The minimum absolute atomic E-state index is 0.0829. The minimum Gasteiger partial charge on any atom is -0.385 e. The Kier molecular flexibility index (Phi) is 6.23. The second-order valence-electron chi connectivity index (χ2n) is 8.49. The Morgan fingerprint density at radius 2 is 1.69 bits per heavy atom. The predicted octanol–water partition coefficient (Wildman–Crippen LogP) is 5.83. The van der Waals surface area contributed by atoms with Crippen LogP contribution in [0.2, 0.25) is 25.7 Å². The predicted molar refractivity (Wildman–Crippen MR) is 112 cm³/mol. The summed E-state index contributed by atoms with van der Waals surface area (Å²) in [6.07, 6.45) is 0.751. The highest BCUT2D eigenvalue weighted by atomic mass is 28.3. The van der Waals surface area contributed by atoms with Crippen molar-refractivity contribution in [1.29, 1.82) is 5.26 Å². The van der Waals surface area contributed by atoms with Crippen LogP contribution in [-0.4, -0.2) is 13.2 Å². The molecule has 0 aromatic heterocycles. The molecule has 0 saturated heterocycles. The number of hydrogen-bond acceptors (Lipinski definition) is 2. The summed E-state index contributed by atoms with van der Waals surface area (Å²) >= 11 is 0. The SMILES string of the molecule is C=C(CC(c1ccccc1)C(C)(O)c1ccc(C#N)cc1)C[Si](C)(C)C. The molecular weight excluding hydrogens is 334 g/mol. The van der Waals surface area contributed by atoms with Gasteiger partial charge in [-0.25, -0.2) is 0 Å². The molecule has 0 amide bonds. The van der Waals surface area contributed by atoms with Crippen molar-refractivity contribution in [1.82, 2.24) is 0 Å². The molecule has 2 nitrogen and oxygen atoms in total. The fraction of sp³-hybridized carbons (Fsp3) is 0.348. The topological polar surface area (TPSA) is 44.0 Å². The Morgan fingerprint density at radius 1 is 1.12 bits per heavy atom. The molecule has 0 bridgehead atoms. The van der Waals surface area contributed by atoms with E-state index in [1.54, 1.807) is 12.1 Å². The molecule has 0 aliphatic rings. The van der Waals surface area contributed by atoms with E-state index < -0.39 is 13.7 Å². The lowest BCUT2D eigenvalue weighted by Gasteiger charge is -2.35. The van der Waals surface area contributed by atoms with Gasteiger partial charge in [-0.2, -0.15) is 5.26 Å². The second-order valence-corrected chi connectivity index (χ2v) is 14.0. The molecule has 2 aromatic rings. The summed E-state index contributed by atoms with van der Waals surface area (Å²) in [6.45, 7) is 13.2. The van der Waals surface area contributed by atoms with Crippen LogP contribution in [0.25, 0.3) is 0 Å². The molecule has 2 unspecified atom stereocenters. The van der Waals surface area contributed by atoms with E-state index in [0.717, 1.165) is 23.6 Å². The standard InChI is InChI=1S/C23H29NOSi/c1-18(17-26(3,4)5)15-22(20-9-7-6-8-10-20)23(2,25)21-13-11-19(16-24)12-14-21/h6-14,22,25H,1,15,17H2,2-5H3. The zero-order valence-electron chi connectivity index (χ0n) is 16.3. The van der Waals surface area contributed by atoms with Crippen molar-refractivity contribution in [3.8, 4) is 6.07 Å². The van der Waals surface area contributed by atoms with Gasteiger partial charge >= 0.3 is 0 Å². The lowest BCUT2D eigenvalue weighted by atomic mass is 9.75. The first-order valence-corrected chi connectivity index (χ1v) is 12.8. The number of nitriles is 1. The van der Waals surface area contributed by atoms with Gasteiger partial charge in [-0.15, -0.1) is 6.58 Å².